The third kappa shape index (κ3) is 3.21. The van der Waals surface area contributed by atoms with Gasteiger partial charge in [-0.3, -0.25) is 4.18 Å². The highest BCUT2D eigenvalue weighted by atomic mass is 32.2. The molecule has 0 aliphatic carbocycles. The van der Waals surface area contributed by atoms with Crippen molar-refractivity contribution in [3.8, 4) is 0 Å². The van der Waals surface area contributed by atoms with Crippen LogP contribution in [0.5, 0.6) is 0 Å². The van der Waals surface area contributed by atoms with Gasteiger partial charge in [-0.1, -0.05) is 17.7 Å². The zero-order chi connectivity index (χ0) is 10.6. The van der Waals surface area contributed by atoms with Gasteiger partial charge in [0.15, 0.2) is 11.1 Å². The average molecular weight is 214 g/mol. The van der Waals surface area contributed by atoms with Crippen molar-refractivity contribution >= 4 is 11.1 Å². The van der Waals surface area contributed by atoms with Crippen LogP contribution in [0.3, 0.4) is 0 Å². The zero-order valence-corrected chi connectivity index (χ0v) is 9.08. The van der Waals surface area contributed by atoms with Gasteiger partial charge in [-0.05, 0) is 26.0 Å². The van der Waals surface area contributed by atoms with Crippen LogP contribution in [0.2, 0.25) is 0 Å². The Balaban J connectivity index is 2.65. The van der Waals surface area contributed by atoms with E-state index in [2.05, 4.69) is 0 Å². The van der Waals surface area contributed by atoms with Gasteiger partial charge in [0.1, 0.15) is 0 Å². The Morgan fingerprint density at radius 3 is 2.50 bits per heavy atom. The van der Waals surface area contributed by atoms with Crippen molar-refractivity contribution in [3.05, 3.63) is 29.8 Å². The van der Waals surface area contributed by atoms with Gasteiger partial charge in [-0.2, -0.15) is 0 Å². The van der Waals surface area contributed by atoms with E-state index in [0.29, 0.717) is 4.90 Å². The van der Waals surface area contributed by atoms with E-state index in [1.807, 2.05) is 19.1 Å². The number of aliphatic hydroxyl groups is 1. The number of rotatable bonds is 4. The number of benzene rings is 1. The zero-order valence-electron chi connectivity index (χ0n) is 8.27. The maximum Gasteiger partial charge on any atom is 0.189 e. The molecule has 0 radical (unpaired) electrons. The van der Waals surface area contributed by atoms with E-state index in [9.17, 15) is 4.21 Å². The molecule has 3 nitrogen and oxygen atoms in total. The molecule has 0 fully saturated rings. The average Bonchev–Trinajstić information content (AvgIpc) is 2.18. The lowest BCUT2D eigenvalue weighted by atomic mass is 10.2. The van der Waals surface area contributed by atoms with Crippen LogP contribution in [0.25, 0.3) is 0 Å². The summed E-state index contributed by atoms with van der Waals surface area (Å²) < 4.78 is 16.6. The van der Waals surface area contributed by atoms with Gasteiger partial charge in [0.2, 0.25) is 0 Å². The van der Waals surface area contributed by atoms with Crippen LogP contribution in [0.4, 0.5) is 0 Å². The molecule has 1 aromatic rings. The van der Waals surface area contributed by atoms with Crippen molar-refractivity contribution in [1.29, 1.82) is 0 Å². The molecule has 0 saturated carbocycles. The molecule has 0 bridgehead atoms. The lowest BCUT2D eigenvalue weighted by molar-refractivity contribution is 0.143. The topological polar surface area (TPSA) is 46.5 Å². The predicted octanol–water partition coefficient (Wildman–Crippen LogP) is 1.42. The Kier molecular flexibility index (Phi) is 4.25. The first-order valence-electron chi connectivity index (χ1n) is 4.40. The summed E-state index contributed by atoms with van der Waals surface area (Å²) in [6, 6.07) is 7.27. The molecule has 0 aliphatic heterocycles. The van der Waals surface area contributed by atoms with E-state index in [4.69, 9.17) is 9.29 Å². The molecule has 0 aromatic heterocycles. The molecule has 1 aromatic carbocycles. The maximum absolute atomic E-state index is 11.5. The van der Waals surface area contributed by atoms with E-state index < -0.39 is 17.2 Å². The Bertz CT molecular complexity index is 308. The highest BCUT2D eigenvalue weighted by Crippen LogP contribution is 2.10. The highest BCUT2D eigenvalue weighted by molar-refractivity contribution is 7.80. The second-order valence-corrected chi connectivity index (χ2v) is 4.27. The lowest BCUT2D eigenvalue weighted by Gasteiger charge is -2.08. The molecule has 0 aliphatic rings. The van der Waals surface area contributed by atoms with Gasteiger partial charge >= 0.3 is 0 Å². The van der Waals surface area contributed by atoms with Crippen LogP contribution in [-0.4, -0.2) is 22.0 Å². The van der Waals surface area contributed by atoms with Crippen LogP contribution in [0, 0.1) is 6.92 Å². The highest BCUT2D eigenvalue weighted by Gasteiger charge is 2.08. The van der Waals surface area contributed by atoms with E-state index in [1.54, 1.807) is 19.1 Å². The minimum Gasteiger partial charge on any atom is -0.394 e. The fourth-order valence-electron chi connectivity index (χ4n) is 0.885. The molecule has 2 atom stereocenters. The first kappa shape index (κ1) is 11.4. The lowest BCUT2D eigenvalue weighted by Crippen LogP contribution is -2.14. The molecule has 0 spiro atoms. The fourth-order valence-corrected chi connectivity index (χ4v) is 1.71. The minimum atomic E-state index is -1.48. The van der Waals surface area contributed by atoms with E-state index in [1.165, 1.54) is 0 Å². The quantitative estimate of drug-likeness (QED) is 0.824. The molecule has 0 saturated heterocycles. The molecule has 0 heterocycles. The van der Waals surface area contributed by atoms with E-state index >= 15 is 0 Å². The van der Waals surface area contributed by atoms with Gasteiger partial charge in [0.05, 0.1) is 17.6 Å². The first-order chi connectivity index (χ1) is 6.63. The second kappa shape index (κ2) is 5.24. The monoisotopic (exact) mass is 214 g/mol. The summed E-state index contributed by atoms with van der Waals surface area (Å²) in [5.41, 5.74) is 1.11. The van der Waals surface area contributed by atoms with Crippen LogP contribution >= 0.6 is 0 Å². The van der Waals surface area contributed by atoms with Gasteiger partial charge in [-0.25, -0.2) is 4.21 Å². The first-order valence-corrected chi connectivity index (χ1v) is 5.47. The van der Waals surface area contributed by atoms with E-state index in [-0.39, 0.29) is 6.61 Å². The number of hydrogen-bond acceptors (Lipinski definition) is 3. The van der Waals surface area contributed by atoms with Crippen molar-refractivity contribution in [2.75, 3.05) is 6.61 Å². The van der Waals surface area contributed by atoms with Gasteiger partial charge in [0.25, 0.3) is 0 Å². The van der Waals surface area contributed by atoms with Crippen LogP contribution in [-0.2, 0) is 15.3 Å². The van der Waals surface area contributed by atoms with Crippen LogP contribution < -0.4 is 0 Å². The molecule has 4 heteroatoms. The predicted molar refractivity (Wildman–Crippen MR) is 55.2 cm³/mol. The van der Waals surface area contributed by atoms with Crippen molar-refractivity contribution in [2.45, 2.75) is 24.8 Å². The third-order valence-electron chi connectivity index (χ3n) is 1.72. The SMILES string of the molecule is Cc1ccc(S(=O)OC(C)CO)cc1. The maximum atomic E-state index is 11.5. The normalized spacial score (nSPS) is 15.1. The van der Waals surface area contributed by atoms with Gasteiger partial charge in [-0.15, -0.1) is 0 Å². The molecule has 2 unspecified atom stereocenters. The summed E-state index contributed by atoms with van der Waals surface area (Å²) in [5.74, 6) is 0. The van der Waals surface area contributed by atoms with Crippen molar-refractivity contribution < 1.29 is 13.5 Å². The molecule has 1 N–H and O–H groups in total. The van der Waals surface area contributed by atoms with Gasteiger partial charge < -0.3 is 5.11 Å². The summed E-state index contributed by atoms with van der Waals surface area (Å²) in [6.45, 7) is 3.51. The fraction of sp³-hybridized carbons (Fsp3) is 0.400. The Morgan fingerprint density at radius 1 is 1.43 bits per heavy atom. The van der Waals surface area contributed by atoms with Crippen LogP contribution in [0.1, 0.15) is 12.5 Å². The number of aliphatic hydroxyl groups excluding tert-OH is 1. The number of hydrogen-bond donors (Lipinski definition) is 1. The summed E-state index contributed by atoms with van der Waals surface area (Å²) in [6.07, 6.45) is -0.405. The molecule has 0 amide bonds. The number of aryl methyl sites for hydroxylation is 1. The molecular formula is C10H14O3S. The molecule has 78 valence electrons. The van der Waals surface area contributed by atoms with E-state index in [0.717, 1.165) is 5.56 Å². The van der Waals surface area contributed by atoms with Crippen molar-refractivity contribution in [2.24, 2.45) is 0 Å². The Morgan fingerprint density at radius 2 is 2.00 bits per heavy atom. The van der Waals surface area contributed by atoms with Crippen molar-refractivity contribution in [3.63, 3.8) is 0 Å². The van der Waals surface area contributed by atoms with Gasteiger partial charge in [0, 0.05) is 0 Å². The molecular weight excluding hydrogens is 200 g/mol. The largest absolute Gasteiger partial charge is 0.394 e. The molecule has 14 heavy (non-hydrogen) atoms. The Hall–Kier alpha value is -0.710. The summed E-state index contributed by atoms with van der Waals surface area (Å²) in [5, 5.41) is 8.72. The summed E-state index contributed by atoms with van der Waals surface area (Å²) in [7, 11) is 0. The smallest absolute Gasteiger partial charge is 0.189 e. The van der Waals surface area contributed by atoms with Crippen LogP contribution in [0.15, 0.2) is 29.2 Å². The third-order valence-corrected chi connectivity index (χ3v) is 2.88. The minimum absolute atomic E-state index is 0.127. The molecule has 1 rings (SSSR count). The summed E-state index contributed by atoms with van der Waals surface area (Å²) in [4.78, 5) is 0.621. The summed E-state index contributed by atoms with van der Waals surface area (Å²) >= 11 is -1.48. The Labute approximate surface area is 86.4 Å². The van der Waals surface area contributed by atoms with Crippen molar-refractivity contribution in [1.82, 2.24) is 0 Å². The standard InChI is InChI=1S/C10H14O3S/c1-8-3-5-10(6-4-8)14(12)13-9(2)7-11/h3-6,9,11H,7H2,1-2H3. The second-order valence-electron chi connectivity index (χ2n) is 3.14.